The summed E-state index contributed by atoms with van der Waals surface area (Å²) < 4.78 is 0. The van der Waals surface area contributed by atoms with Gasteiger partial charge in [-0.1, -0.05) is 23.2 Å². The van der Waals surface area contributed by atoms with Crippen LogP contribution in [0.5, 0.6) is 0 Å². The number of pyridine rings is 2. The minimum atomic E-state index is 0.0278. The van der Waals surface area contributed by atoms with Crippen LogP contribution in [-0.2, 0) is 4.79 Å². The van der Waals surface area contributed by atoms with Crippen LogP contribution in [0.25, 0.3) is 10.8 Å². The molecule has 120 valence electrons. The number of amides is 1. The van der Waals surface area contributed by atoms with Gasteiger partial charge in [-0.15, -0.1) is 0 Å². The molecule has 6 nitrogen and oxygen atoms in total. The fourth-order valence-electron chi connectivity index (χ4n) is 3.18. The first-order chi connectivity index (χ1) is 11.1. The lowest BCUT2D eigenvalue weighted by atomic mass is 10.0. The number of halogens is 2. The van der Waals surface area contributed by atoms with Crippen molar-refractivity contribution in [1.82, 2.24) is 20.8 Å². The Labute approximate surface area is 142 Å². The largest absolute Gasteiger partial charge is 0.310 e. The molecule has 0 radical (unpaired) electrons. The highest BCUT2D eigenvalue weighted by Crippen LogP contribution is 2.45. The molecule has 1 aliphatic carbocycles. The molecular weight excluding hydrogens is 337 g/mol. The monoisotopic (exact) mass is 351 g/mol. The van der Waals surface area contributed by atoms with Gasteiger partial charge in [0.1, 0.15) is 16.1 Å². The van der Waals surface area contributed by atoms with E-state index in [1.165, 1.54) is 0 Å². The number of nitrogens with one attached hydrogen (secondary N) is 3. The number of hydrazine groups is 1. The van der Waals surface area contributed by atoms with Gasteiger partial charge in [0.15, 0.2) is 0 Å². The molecule has 1 amide bonds. The number of carbonyl (C=O) groups excluding carboxylic acids is 1. The molecule has 3 heterocycles. The van der Waals surface area contributed by atoms with Crippen molar-refractivity contribution in [3.05, 3.63) is 28.6 Å². The normalized spacial score (nSPS) is 24.1. The van der Waals surface area contributed by atoms with Crippen molar-refractivity contribution in [3.63, 3.8) is 0 Å². The van der Waals surface area contributed by atoms with E-state index in [-0.39, 0.29) is 11.8 Å². The molecule has 1 saturated carbocycles. The van der Waals surface area contributed by atoms with Crippen molar-refractivity contribution < 1.29 is 4.79 Å². The summed E-state index contributed by atoms with van der Waals surface area (Å²) in [5.74, 6) is 1.59. The zero-order valence-corrected chi connectivity index (χ0v) is 13.7. The zero-order valence-electron chi connectivity index (χ0n) is 12.1. The number of anilines is 1. The first-order valence-corrected chi connectivity index (χ1v) is 8.26. The molecule has 1 aliphatic heterocycles. The maximum atomic E-state index is 12.4. The highest BCUT2D eigenvalue weighted by Gasteiger charge is 2.48. The van der Waals surface area contributed by atoms with Gasteiger partial charge in [-0.05, 0) is 35.8 Å². The molecule has 0 spiro atoms. The quantitative estimate of drug-likeness (QED) is 0.739. The molecule has 0 aromatic carbocycles. The average Bonchev–Trinajstić information content (AvgIpc) is 3.13. The van der Waals surface area contributed by atoms with Crippen molar-refractivity contribution in [2.45, 2.75) is 6.42 Å². The van der Waals surface area contributed by atoms with Gasteiger partial charge in [-0.25, -0.2) is 9.97 Å². The summed E-state index contributed by atoms with van der Waals surface area (Å²) >= 11 is 12.0. The predicted molar refractivity (Wildman–Crippen MR) is 89.3 cm³/mol. The summed E-state index contributed by atoms with van der Waals surface area (Å²) in [6.45, 7) is 1.85. The van der Waals surface area contributed by atoms with E-state index in [0.717, 1.165) is 24.9 Å². The number of rotatable bonds is 3. The first kappa shape index (κ1) is 15.1. The van der Waals surface area contributed by atoms with Crippen LogP contribution >= 0.6 is 23.2 Å². The van der Waals surface area contributed by atoms with Gasteiger partial charge in [0.2, 0.25) is 5.91 Å². The third-order valence-corrected chi connectivity index (χ3v) is 5.01. The van der Waals surface area contributed by atoms with Crippen molar-refractivity contribution in [2.24, 2.45) is 17.8 Å². The van der Waals surface area contributed by atoms with Gasteiger partial charge < -0.3 is 5.32 Å². The minimum Gasteiger partial charge on any atom is -0.310 e. The second-order valence-electron chi connectivity index (χ2n) is 6.04. The van der Waals surface area contributed by atoms with E-state index in [4.69, 9.17) is 23.2 Å². The molecule has 4 rings (SSSR count). The molecule has 8 heteroatoms. The Hall–Kier alpha value is -1.47. The van der Waals surface area contributed by atoms with Crippen LogP contribution in [0, 0.1) is 17.8 Å². The van der Waals surface area contributed by atoms with Crippen LogP contribution in [-0.4, -0.2) is 29.0 Å². The van der Waals surface area contributed by atoms with Crippen molar-refractivity contribution in [1.29, 1.82) is 0 Å². The Morgan fingerprint density at radius 2 is 2.04 bits per heavy atom. The second kappa shape index (κ2) is 5.87. The van der Waals surface area contributed by atoms with E-state index in [9.17, 15) is 4.79 Å². The lowest BCUT2D eigenvalue weighted by molar-refractivity contribution is -0.117. The Kier molecular flexibility index (Phi) is 3.85. The van der Waals surface area contributed by atoms with Crippen LogP contribution in [0.1, 0.15) is 6.42 Å². The van der Waals surface area contributed by atoms with Gasteiger partial charge >= 0.3 is 0 Å². The van der Waals surface area contributed by atoms with Crippen LogP contribution in [0.4, 0.5) is 5.82 Å². The van der Waals surface area contributed by atoms with E-state index < -0.39 is 0 Å². The zero-order chi connectivity index (χ0) is 16.0. The molecule has 3 N–H and O–H groups in total. The van der Waals surface area contributed by atoms with Crippen LogP contribution < -0.4 is 16.2 Å². The summed E-state index contributed by atoms with van der Waals surface area (Å²) in [7, 11) is 0. The fraction of sp³-hybridized carbons (Fsp3) is 0.400. The number of carbonyl (C=O) groups is 1. The Morgan fingerprint density at radius 1 is 1.26 bits per heavy atom. The van der Waals surface area contributed by atoms with Gasteiger partial charge in [0, 0.05) is 30.6 Å². The number of fused-ring (bicyclic) bond motifs is 1. The molecule has 23 heavy (non-hydrogen) atoms. The van der Waals surface area contributed by atoms with E-state index in [0.29, 0.717) is 33.3 Å². The lowest BCUT2D eigenvalue weighted by Crippen LogP contribution is -2.21. The second-order valence-corrected chi connectivity index (χ2v) is 6.79. The highest BCUT2D eigenvalue weighted by molar-refractivity contribution is 6.36. The Bertz CT molecular complexity index is 778. The molecule has 2 aliphatic rings. The number of hydrogen-bond acceptors (Lipinski definition) is 5. The van der Waals surface area contributed by atoms with Gasteiger partial charge in [-0.3, -0.25) is 15.6 Å². The Morgan fingerprint density at radius 3 is 2.83 bits per heavy atom. The number of nitrogens with zero attached hydrogens (tertiary/aromatic N) is 2. The third-order valence-electron chi connectivity index (χ3n) is 4.52. The minimum absolute atomic E-state index is 0.0278. The van der Waals surface area contributed by atoms with Gasteiger partial charge in [0.25, 0.3) is 0 Å². The maximum absolute atomic E-state index is 12.4. The number of aromatic nitrogens is 2. The lowest BCUT2D eigenvalue weighted by Gasteiger charge is -2.08. The van der Waals surface area contributed by atoms with E-state index in [1.807, 2.05) is 0 Å². The number of hydrogen-bond donors (Lipinski definition) is 3. The first-order valence-electron chi connectivity index (χ1n) is 7.50. The van der Waals surface area contributed by atoms with Crippen molar-refractivity contribution >= 4 is 45.7 Å². The molecule has 2 aromatic heterocycles. The van der Waals surface area contributed by atoms with E-state index in [2.05, 4.69) is 26.1 Å². The van der Waals surface area contributed by atoms with E-state index in [1.54, 1.807) is 18.3 Å². The van der Waals surface area contributed by atoms with Crippen LogP contribution in [0.15, 0.2) is 18.3 Å². The standard InChI is InChI=1S/C15H15Cl2N5O/c16-12-1-7-2-13(18-6-11(7)14(17)21-12)22-15(23)10-3-9(10)8-4-19-20-5-8/h1-2,6,8-10,19-20H,3-5H2,(H,18,22,23)/t9-,10+/m0/s1. The highest BCUT2D eigenvalue weighted by atomic mass is 35.5. The van der Waals surface area contributed by atoms with Crippen molar-refractivity contribution in [3.8, 4) is 0 Å². The molecule has 2 fully saturated rings. The maximum Gasteiger partial charge on any atom is 0.228 e. The molecule has 0 unspecified atom stereocenters. The summed E-state index contributed by atoms with van der Waals surface area (Å²) in [6, 6.07) is 3.47. The smallest absolute Gasteiger partial charge is 0.228 e. The van der Waals surface area contributed by atoms with Gasteiger partial charge in [-0.2, -0.15) is 0 Å². The molecule has 2 atom stereocenters. The van der Waals surface area contributed by atoms with Gasteiger partial charge in [0.05, 0.1) is 0 Å². The third kappa shape index (κ3) is 2.99. The molecule has 0 bridgehead atoms. The van der Waals surface area contributed by atoms with Crippen LogP contribution in [0.3, 0.4) is 0 Å². The SMILES string of the molecule is O=C(Nc1cc2cc(Cl)nc(Cl)c2cn1)[C@@H]1C[C@H]1C1CNNC1. The summed E-state index contributed by atoms with van der Waals surface area (Å²) in [5.41, 5.74) is 6.22. The summed E-state index contributed by atoms with van der Waals surface area (Å²) in [4.78, 5) is 20.6. The van der Waals surface area contributed by atoms with Crippen LogP contribution in [0.2, 0.25) is 10.3 Å². The summed E-state index contributed by atoms with van der Waals surface area (Å²) in [5, 5.41) is 5.02. The molecular formula is C15H15Cl2N5O. The van der Waals surface area contributed by atoms with E-state index >= 15 is 0 Å². The average molecular weight is 352 g/mol. The predicted octanol–water partition coefficient (Wildman–Crippen LogP) is 2.24. The molecule has 2 aromatic rings. The molecule has 1 saturated heterocycles. The van der Waals surface area contributed by atoms with Crippen molar-refractivity contribution in [2.75, 3.05) is 18.4 Å². The Balaban J connectivity index is 1.48. The fourth-order valence-corrected chi connectivity index (χ4v) is 3.68. The topological polar surface area (TPSA) is 78.9 Å². The summed E-state index contributed by atoms with van der Waals surface area (Å²) in [6.07, 6.45) is 2.54.